The molecule has 1 heterocycles. The second-order valence-corrected chi connectivity index (χ2v) is 7.83. The van der Waals surface area contributed by atoms with Crippen molar-refractivity contribution in [2.45, 2.75) is 6.04 Å². The summed E-state index contributed by atoms with van der Waals surface area (Å²) >= 11 is 0. The molecule has 1 amide bonds. The number of ether oxygens (including phenoxy) is 2. The number of Topliss-reactive ketones (excluding diaryl/α,β-unsaturated/α-hetero) is 1. The highest BCUT2D eigenvalue weighted by atomic mass is 16.5. The number of carbonyl (C=O) groups excluding carboxylic acids is 3. The molecule has 1 unspecified atom stereocenters. The Morgan fingerprint density at radius 3 is 2.08 bits per heavy atom. The Morgan fingerprint density at radius 1 is 0.861 bits per heavy atom. The van der Waals surface area contributed by atoms with E-state index in [9.17, 15) is 24.3 Å². The van der Waals surface area contributed by atoms with Crippen LogP contribution in [0.4, 0.5) is 5.69 Å². The van der Waals surface area contributed by atoms with Crippen molar-refractivity contribution in [2.24, 2.45) is 0 Å². The Labute approximate surface area is 205 Å². The Kier molecular flexibility index (Phi) is 6.82. The second kappa shape index (κ2) is 10.1. The molecule has 9 heteroatoms. The number of aliphatic hydroxyl groups is 1. The smallest absolute Gasteiger partial charge is 0.341 e. The third-order valence-electron chi connectivity index (χ3n) is 5.62. The van der Waals surface area contributed by atoms with Crippen LogP contribution in [0.15, 0.2) is 84.4 Å². The zero-order valence-electron chi connectivity index (χ0n) is 19.1. The lowest BCUT2D eigenvalue weighted by atomic mass is 9.94. The quantitative estimate of drug-likeness (QED) is 0.224. The molecule has 4 rings (SSSR count). The minimum absolute atomic E-state index is 0.108. The van der Waals surface area contributed by atoms with Crippen LogP contribution in [0.25, 0.3) is 5.76 Å². The second-order valence-electron chi connectivity index (χ2n) is 7.83. The van der Waals surface area contributed by atoms with E-state index in [2.05, 4.69) is 0 Å². The molecule has 0 radical (unpaired) electrons. The third kappa shape index (κ3) is 4.67. The summed E-state index contributed by atoms with van der Waals surface area (Å²) in [5.74, 6) is -3.47. The molecule has 1 fully saturated rings. The summed E-state index contributed by atoms with van der Waals surface area (Å²) in [6.45, 7) is -0.534. The maximum atomic E-state index is 13.2. The number of ketones is 1. The molecule has 0 spiro atoms. The summed E-state index contributed by atoms with van der Waals surface area (Å²) < 4.78 is 9.88. The van der Waals surface area contributed by atoms with Gasteiger partial charge in [0.25, 0.3) is 11.7 Å². The van der Waals surface area contributed by atoms with Gasteiger partial charge < -0.3 is 19.7 Å². The number of hydrogen-bond acceptors (Lipinski definition) is 7. The summed E-state index contributed by atoms with van der Waals surface area (Å²) in [5.41, 5.74) is 1.34. The monoisotopic (exact) mass is 487 g/mol. The van der Waals surface area contributed by atoms with Gasteiger partial charge in [0.1, 0.15) is 11.5 Å². The number of benzene rings is 3. The predicted molar refractivity (Wildman–Crippen MR) is 129 cm³/mol. The highest BCUT2D eigenvalue weighted by Crippen LogP contribution is 2.42. The zero-order valence-corrected chi connectivity index (χ0v) is 19.1. The number of carboxylic acid groups (broad SMARTS) is 1. The molecule has 3 aromatic carbocycles. The fourth-order valence-corrected chi connectivity index (χ4v) is 3.93. The number of esters is 1. The maximum absolute atomic E-state index is 13.2. The van der Waals surface area contributed by atoms with Crippen LogP contribution < -0.4 is 9.64 Å². The Morgan fingerprint density at radius 2 is 1.50 bits per heavy atom. The number of amides is 1. The topological polar surface area (TPSA) is 130 Å². The van der Waals surface area contributed by atoms with E-state index < -0.39 is 36.3 Å². The molecule has 2 N–H and O–H groups in total. The largest absolute Gasteiger partial charge is 0.507 e. The summed E-state index contributed by atoms with van der Waals surface area (Å²) in [5, 5.41) is 19.9. The molecule has 0 saturated carbocycles. The lowest BCUT2D eigenvalue weighted by molar-refractivity contribution is -0.139. The first kappa shape index (κ1) is 24.2. The summed E-state index contributed by atoms with van der Waals surface area (Å²) in [4.78, 5) is 50.3. The summed E-state index contributed by atoms with van der Waals surface area (Å²) in [6.07, 6.45) is 0. The van der Waals surface area contributed by atoms with Crippen molar-refractivity contribution < 1.29 is 38.9 Å². The Balaban J connectivity index is 1.82. The molecular formula is C27H21NO8. The van der Waals surface area contributed by atoms with E-state index in [1.165, 1.54) is 48.4 Å². The van der Waals surface area contributed by atoms with Crippen LogP contribution in [0.1, 0.15) is 27.5 Å². The number of nitrogens with zero attached hydrogens (tertiary/aromatic N) is 1. The van der Waals surface area contributed by atoms with Crippen LogP contribution >= 0.6 is 0 Å². The number of hydrogen-bond donors (Lipinski definition) is 2. The highest BCUT2D eigenvalue weighted by molar-refractivity contribution is 6.51. The molecule has 1 atom stereocenters. The molecule has 1 saturated heterocycles. The first-order chi connectivity index (χ1) is 17.3. The lowest BCUT2D eigenvalue weighted by Gasteiger charge is -2.25. The minimum atomic E-state index is -1.14. The summed E-state index contributed by atoms with van der Waals surface area (Å²) in [7, 11) is 1.26. The molecule has 0 aromatic heterocycles. The number of rotatable bonds is 7. The van der Waals surface area contributed by atoms with Crippen molar-refractivity contribution in [3.63, 3.8) is 0 Å². The van der Waals surface area contributed by atoms with Crippen molar-refractivity contribution >= 4 is 35.1 Å². The minimum Gasteiger partial charge on any atom is -0.507 e. The number of carbonyl (C=O) groups is 4. The van der Waals surface area contributed by atoms with Gasteiger partial charge in [-0.25, -0.2) is 9.59 Å². The number of methoxy groups -OCH3 is 1. The number of aliphatic hydroxyl groups excluding tert-OH is 1. The molecule has 3 aromatic rings. The van der Waals surface area contributed by atoms with E-state index in [0.717, 1.165) is 0 Å². The molecule has 182 valence electrons. The molecule has 0 aliphatic carbocycles. The van der Waals surface area contributed by atoms with Gasteiger partial charge in [0.2, 0.25) is 0 Å². The summed E-state index contributed by atoms with van der Waals surface area (Å²) in [6, 6.07) is 19.6. The van der Waals surface area contributed by atoms with Crippen LogP contribution in [-0.2, 0) is 19.1 Å². The molecule has 9 nitrogen and oxygen atoms in total. The molecule has 1 aliphatic heterocycles. The Bertz CT molecular complexity index is 1340. The molecule has 1 aliphatic rings. The third-order valence-corrected chi connectivity index (χ3v) is 5.62. The van der Waals surface area contributed by atoms with Crippen molar-refractivity contribution in [3.05, 3.63) is 101 Å². The van der Waals surface area contributed by atoms with E-state index in [1.54, 1.807) is 42.5 Å². The van der Waals surface area contributed by atoms with Crippen LogP contribution in [0, 0.1) is 0 Å². The van der Waals surface area contributed by atoms with Crippen molar-refractivity contribution in [3.8, 4) is 5.75 Å². The van der Waals surface area contributed by atoms with Crippen molar-refractivity contribution in [1.82, 2.24) is 0 Å². The SMILES string of the molecule is COC(=O)c1ccc(C2/C(=C(/O)c3ccccc3)C(=O)C(=O)N2c2ccc(OCC(=O)O)cc2)cc1. The fourth-order valence-electron chi connectivity index (χ4n) is 3.93. The van der Waals surface area contributed by atoms with Crippen LogP contribution in [0.5, 0.6) is 5.75 Å². The van der Waals surface area contributed by atoms with E-state index in [1.807, 2.05) is 0 Å². The van der Waals surface area contributed by atoms with Gasteiger partial charge in [0.05, 0.1) is 24.3 Å². The van der Waals surface area contributed by atoms with Gasteiger partial charge in [-0.1, -0.05) is 42.5 Å². The van der Waals surface area contributed by atoms with Crippen LogP contribution in [-0.4, -0.2) is 47.6 Å². The number of anilines is 1. The average molecular weight is 487 g/mol. The standard InChI is InChI=1S/C27H21NO8/c1-35-27(34)18-9-7-16(8-10-18)23-22(24(31)17-5-3-2-4-6-17)25(32)26(33)28(23)19-11-13-20(14-12-19)36-15-21(29)30/h2-14,23,31H,15H2,1H3,(H,29,30)/b24-22-. The van der Waals surface area contributed by atoms with Gasteiger partial charge in [0, 0.05) is 11.3 Å². The number of carboxylic acids is 1. The highest BCUT2D eigenvalue weighted by Gasteiger charge is 2.47. The van der Waals surface area contributed by atoms with Crippen molar-refractivity contribution in [2.75, 3.05) is 18.6 Å². The van der Waals surface area contributed by atoms with Crippen LogP contribution in [0.2, 0.25) is 0 Å². The van der Waals surface area contributed by atoms with Crippen molar-refractivity contribution in [1.29, 1.82) is 0 Å². The normalized spacial score (nSPS) is 16.6. The molecule has 0 bridgehead atoms. The van der Waals surface area contributed by atoms with E-state index in [-0.39, 0.29) is 22.6 Å². The van der Waals surface area contributed by atoms with E-state index in [4.69, 9.17) is 14.6 Å². The van der Waals surface area contributed by atoms with Gasteiger partial charge in [-0.2, -0.15) is 0 Å². The molecule has 36 heavy (non-hydrogen) atoms. The fraction of sp³-hybridized carbons (Fsp3) is 0.111. The maximum Gasteiger partial charge on any atom is 0.341 e. The van der Waals surface area contributed by atoms with Gasteiger partial charge in [-0.15, -0.1) is 0 Å². The van der Waals surface area contributed by atoms with Gasteiger partial charge >= 0.3 is 11.9 Å². The molecular weight excluding hydrogens is 466 g/mol. The van der Waals surface area contributed by atoms with E-state index >= 15 is 0 Å². The average Bonchev–Trinajstić information content (AvgIpc) is 3.17. The van der Waals surface area contributed by atoms with Gasteiger partial charge in [0.15, 0.2) is 6.61 Å². The van der Waals surface area contributed by atoms with Crippen LogP contribution in [0.3, 0.4) is 0 Å². The lowest BCUT2D eigenvalue weighted by Crippen LogP contribution is -2.29. The number of aliphatic carboxylic acids is 1. The Hall–Kier alpha value is -4.92. The van der Waals surface area contributed by atoms with Gasteiger partial charge in [-0.05, 0) is 42.0 Å². The zero-order chi connectivity index (χ0) is 25.8. The first-order valence-electron chi connectivity index (χ1n) is 10.8. The van der Waals surface area contributed by atoms with E-state index in [0.29, 0.717) is 16.8 Å². The first-order valence-corrected chi connectivity index (χ1v) is 10.8. The van der Waals surface area contributed by atoms with Gasteiger partial charge in [-0.3, -0.25) is 14.5 Å². The predicted octanol–water partition coefficient (Wildman–Crippen LogP) is 3.56.